The Kier molecular flexibility index (Phi) is 5.84. The predicted molar refractivity (Wildman–Crippen MR) is 100 cm³/mol. The van der Waals surface area contributed by atoms with Gasteiger partial charge in [0.1, 0.15) is 18.1 Å². The molecule has 0 saturated carbocycles. The first kappa shape index (κ1) is 19.7. The van der Waals surface area contributed by atoms with E-state index in [2.05, 4.69) is 5.16 Å². The lowest BCUT2D eigenvalue weighted by atomic mass is 10.1. The molecule has 3 rings (SSSR count). The molecule has 28 heavy (non-hydrogen) atoms. The third kappa shape index (κ3) is 3.94. The van der Waals surface area contributed by atoms with Gasteiger partial charge in [-0.15, -0.1) is 0 Å². The molecule has 0 radical (unpaired) electrons. The normalized spacial score (nSPS) is 10.6. The van der Waals surface area contributed by atoms with Crippen LogP contribution in [0.3, 0.4) is 0 Å². The summed E-state index contributed by atoms with van der Waals surface area (Å²) in [6.07, 6.45) is 0. The molecule has 0 aliphatic rings. The van der Waals surface area contributed by atoms with E-state index in [-0.39, 0.29) is 23.0 Å². The summed E-state index contributed by atoms with van der Waals surface area (Å²) in [6.45, 7) is 1.69. The van der Waals surface area contributed by atoms with Crippen LogP contribution in [0, 0.1) is 12.7 Å². The van der Waals surface area contributed by atoms with E-state index in [1.54, 1.807) is 19.1 Å². The van der Waals surface area contributed by atoms with Gasteiger partial charge in [0.2, 0.25) is 0 Å². The smallest absolute Gasteiger partial charge is 0.338 e. The van der Waals surface area contributed by atoms with Gasteiger partial charge in [0.15, 0.2) is 17.3 Å². The van der Waals surface area contributed by atoms with Crippen molar-refractivity contribution in [3.05, 3.63) is 64.1 Å². The fourth-order valence-corrected chi connectivity index (χ4v) is 2.91. The van der Waals surface area contributed by atoms with Crippen molar-refractivity contribution in [1.82, 2.24) is 5.16 Å². The summed E-state index contributed by atoms with van der Waals surface area (Å²) in [5.41, 5.74) is 2.04. The zero-order valence-electron chi connectivity index (χ0n) is 15.4. The van der Waals surface area contributed by atoms with E-state index < -0.39 is 5.97 Å². The van der Waals surface area contributed by atoms with Crippen LogP contribution in [0.5, 0.6) is 11.5 Å². The molecule has 0 N–H and O–H groups in total. The summed E-state index contributed by atoms with van der Waals surface area (Å²) < 4.78 is 34.0. The molecular weight excluding hydrogens is 389 g/mol. The maximum Gasteiger partial charge on any atom is 0.338 e. The molecule has 0 unspecified atom stereocenters. The molecule has 146 valence electrons. The molecule has 0 amide bonds. The lowest BCUT2D eigenvalue weighted by Gasteiger charge is -2.11. The van der Waals surface area contributed by atoms with Crippen molar-refractivity contribution in [3.8, 4) is 22.8 Å². The van der Waals surface area contributed by atoms with Crippen molar-refractivity contribution >= 4 is 17.6 Å². The number of hydrogen-bond acceptors (Lipinski definition) is 6. The Labute approximate surface area is 165 Å². The summed E-state index contributed by atoms with van der Waals surface area (Å²) in [5, 5.41) is 4.17. The number of nitrogens with zero attached hydrogens (tertiary/aromatic N) is 1. The molecular formula is C20H17ClFNO5. The topological polar surface area (TPSA) is 70.8 Å². The molecule has 0 fully saturated rings. The number of hydrogen-bond donors (Lipinski definition) is 0. The Bertz CT molecular complexity index is 1000. The zero-order chi connectivity index (χ0) is 20.3. The van der Waals surface area contributed by atoms with Gasteiger partial charge in [-0.25, -0.2) is 9.18 Å². The van der Waals surface area contributed by atoms with Crippen LogP contribution in [0.2, 0.25) is 5.02 Å². The van der Waals surface area contributed by atoms with Gasteiger partial charge in [0.25, 0.3) is 0 Å². The first-order valence-corrected chi connectivity index (χ1v) is 8.62. The van der Waals surface area contributed by atoms with Crippen LogP contribution in [0.4, 0.5) is 4.39 Å². The molecule has 0 bridgehead atoms. The number of aromatic nitrogens is 1. The summed E-state index contributed by atoms with van der Waals surface area (Å²) in [6, 6.07) is 8.75. The Balaban J connectivity index is 1.75. The Morgan fingerprint density at radius 2 is 1.89 bits per heavy atom. The lowest BCUT2D eigenvalue weighted by molar-refractivity contribution is 0.0463. The maximum absolute atomic E-state index is 13.1. The van der Waals surface area contributed by atoms with Gasteiger partial charge in [0.05, 0.1) is 24.8 Å². The maximum atomic E-state index is 13.1. The van der Waals surface area contributed by atoms with E-state index in [0.29, 0.717) is 34.1 Å². The average Bonchev–Trinajstić information content (AvgIpc) is 3.06. The molecule has 0 atom stereocenters. The zero-order valence-corrected chi connectivity index (χ0v) is 16.2. The molecule has 0 spiro atoms. The fraction of sp³-hybridized carbons (Fsp3) is 0.200. The molecule has 0 aliphatic carbocycles. The van der Waals surface area contributed by atoms with Gasteiger partial charge in [0, 0.05) is 11.1 Å². The van der Waals surface area contributed by atoms with Gasteiger partial charge >= 0.3 is 5.97 Å². The molecule has 2 aromatic carbocycles. The monoisotopic (exact) mass is 405 g/mol. The first-order valence-electron chi connectivity index (χ1n) is 8.24. The van der Waals surface area contributed by atoms with Crippen LogP contribution >= 0.6 is 11.6 Å². The van der Waals surface area contributed by atoms with Crippen molar-refractivity contribution in [3.63, 3.8) is 0 Å². The van der Waals surface area contributed by atoms with Gasteiger partial charge in [-0.3, -0.25) is 0 Å². The number of methoxy groups -OCH3 is 2. The number of esters is 1. The second-order valence-electron chi connectivity index (χ2n) is 5.86. The minimum Gasteiger partial charge on any atom is -0.493 e. The highest BCUT2D eigenvalue weighted by Gasteiger charge is 2.19. The molecule has 3 aromatic rings. The summed E-state index contributed by atoms with van der Waals surface area (Å²) >= 11 is 6.12. The Hall–Kier alpha value is -3.06. The highest BCUT2D eigenvalue weighted by atomic mass is 35.5. The first-order chi connectivity index (χ1) is 13.4. The van der Waals surface area contributed by atoms with E-state index >= 15 is 0 Å². The van der Waals surface area contributed by atoms with Crippen molar-refractivity contribution < 1.29 is 27.9 Å². The standard InChI is InChI=1S/C20H17ClFNO5/c1-11-16(23-28-18(11)12-4-6-14(22)7-5-12)10-27-20(24)13-8-15(21)19(26-3)17(9-13)25-2/h4-9H,10H2,1-3H3. The van der Waals surface area contributed by atoms with Crippen molar-refractivity contribution in [2.45, 2.75) is 13.5 Å². The third-order valence-electron chi connectivity index (χ3n) is 4.14. The molecule has 0 saturated heterocycles. The summed E-state index contributed by atoms with van der Waals surface area (Å²) in [7, 11) is 2.90. The molecule has 1 heterocycles. The number of carbonyl (C=O) groups is 1. The molecule has 0 aliphatic heterocycles. The van der Waals surface area contributed by atoms with E-state index in [1.165, 1.54) is 38.5 Å². The van der Waals surface area contributed by atoms with Gasteiger partial charge < -0.3 is 18.7 Å². The number of ether oxygens (including phenoxy) is 3. The van der Waals surface area contributed by atoms with Gasteiger partial charge in [-0.2, -0.15) is 0 Å². The Morgan fingerprint density at radius 1 is 1.18 bits per heavy atom. The minimum absolute atomic E-state index is 0.0959. The number of halogens is 2. The predicted octanol–water partition coefficient (Wildman–Crippen LogP) is 4.82. The number of rotatable bonds is 6. The summed E-state index contributed by atoms with van der Waals surface area (Å²) in [5.74, 6) is 0.188. The highest BCUT2D eigenvalue weighted by molar-refractivity contribution is 6.32. The lowest BCUT2D eigenvalue weighted by Crippen LogP contribution is -2.07. The molecule has 1 aromatic heterocycles. The third-order valence-corrected chi connectivity index (χ3v) is 4.42. The second-order valence-corrected chi connectivity index (χ2v) is 6.27. The fourth-order valence-electron chi connectivity index (χ4n) is 2.63. The van der Waals surface area contributed by atoms with Crippen molar-refractivity contribution in [2.24, 2.45) is 0 Å². The Morgan fingerprint density at radius 3 is 2.54 bits per heavy atom. The number of carbonyl (C=O) groups excluding carboxylic acids is 1. The van der Waals surface area contributed by atoms with Crippen LogP contribution in [0.1, 0.15) is 21.6 Å². The van der Waals surface area contributed by atoms with Crippen LogP contribution < -0.4 is 9.47 Å². The minimum atomic E-state index is -0.603. The average molecular weight is 406 g/mol. The summed E-state index contributed by atoms with van der Waals surface area (Å²) in [4.78, 5) is 12.4. The van der Waals surface area contributed by atoms with E-state index in [9.17, 15) is 9.18 Å². The van der Waals surface area contributed by atoms with Crippen molar-refractivity contribution in [2.75, 3.05) is 14.2 Å². The highest BCUT2D eigenvalue weighted by Crippen LogP contribution is 2.36. The van der Waals surface area contributed by atoms with Gasteiger partial charge in [-0.05, 0) is 43.3 Å². The van der Waals surface area contributed by atoms with Crippen LogP contribution in [0.25, 0.3) is 11.3 Å². The van der Waals surface area contributed by atoms with Crippen molar-refractivity contribution in [1.29, 1.82) is 0 Å². The second kappa shape index (κ2) is 8.31. The quantitative estimate of drug-likeness (QED) is 0.548. The SMILES string of the molecule is COc1cc(C(=O)OCc2noc(-c3ccc(F)cc3)c2C)cc(Cl)c1OC. The van der Waals surface area contributed by atoms with E-state index in [0.717, 1.165) is 0 Å². The number of benzene rings is 2. The van der Waals surface area contributed by atoms with Crippen LogP contribution in [-0.2, 0) is 11.3 Å². The molecule has 8 heteroatoms. The largest absolute Gasteiger partial charge is 0.493 e. The van der Waals surface area contributed by atoms with Crippen LogP contribution in [-0.4, -0.2) is 25.3 Å². The van der Waals surface area contributed by atoms with E-state index in [1.807, 2.05) is 0 Å². The molecule has 6 nitrogen and oxygen atoms in total. The van der Waals surface area contributed by atoms with Gasteiger partial charge in [-0.1, -0.05) is 16.8 Å². The van der Waals surface area contributed by atoms with Crippen LogP contribution in [0.15, 0.2) is 40.9 Å². The van der Waals surface area contributed by atoms with E-state index in [4.69, 9.17) is 30.3 Å².